The van der Waals surface area contributed by atoms with Crippen LogP contribution in [-0.2, 0) is 0 Å². The fourth-order valence-electron chi connectivity index (χ4n) is 6.61. The van der Waals surface area contributed by atoms with Crippen molar-refractivity contribution in [3.05, 3.63) is 188 Å². The van der Waals surface area contributed by atoms with Crippen LogP contribution in [0.3, 0.4) is 0 Å². The van der Waals surface area contributed by atoms with E-state index in [4.69, 9.17) is 4.42 Å². The summed E-state index contributed by atoms with van der Waals surface area (Å²) in [5.74, 6) is 0. The summed E-state index contributed by atoms with van der Waals surface area (Å²) < 4.78 is 43.6. The van der Waals surface area contributed by atoms with E-state index in [9.17, 15) is 5.48 Å². The molecule has 0 fully saturated rings. The Morgan fingerprint density at radius 2 is 1.04 bits per heavy atom. The van der Waals surface area contributed by atoms with Crippen LogP contribution < -0.4 is 4.90 Å². The summed E-state index contributed by atoms with van der Waals surface area (Å²) in [7, 11) is 0. The standard InChI is InChI=1S/C46H31NO/c1-3-11-32(12-4-1)33-21-23-34(24-22-33)35-25-28-39(29-26-35)47(38-15-5-2-6-16-38)40-17-9-14-37(31-40)41-19-10-20-44-45(41)43-30-27-36-13-7-8-18-42(36)46(43)48-44/h1-31H/i25D,26D,28D,29D. The van der Waals surface area contributed by atoms with Crippen LogP contribution >= 0.6 is 0 Å². The van der Waals surface area contributed by atoms with Gasteiger partial charge in [0.2, 0.25) is 0 Å². The van der Waals surface area contributed by atoms with E-state index in [1.807, 2.05) is 132 Å². The summed E-state index contributed by atoms with van der Waals surface area (Å²) in [5, 5.41) is 4.22. The van der Waals surface area contributed by atoms with Crippen molar-refractivity contribution in [1.82, 2.24) is 0 Å². The van der Waals surface area contributed by atoms with E-state index in [-0.39, 0.29) is 35.4 Å². The van der Waals surface area contributed by atoms with Gasteiger partial charge in [-0.25, -0.2) is 0 Å². The van der Waals surface area contributed by atoms with Gasteiger partial charge in [-0.2, -0.15) is 0 Å². The van der Waals surface area contributed by atoms with Crippen molar-refractivity contribution in [3.8, 4) is 33.4 Å². The zero-order chi connectivity index (χ0) is 35.3. The number of furan rings is 1. The first-order chi connectivity index (χ1) is 25.5. The highest BCUT2D eigenvalue weighted by Crippen LogP contribution is 2.42. The number of nitrogens with zero attached hydrogens (tertiary/aromatic N) is 1. The maximum Gasteiger partial charge on any atom is 0.143 e. The molecule has 0 saturated heterocycles. The van der Waals surface area contributed by atoms with Gasteiger partial charge in [-0.05, 0) is 87.2 Å². The predicted molar refractivity (Wildman–Crippen MR) is 202 cm³/mol. The van der Waals surface area contributed by atoms with Gasteiger partial charge in [0.1, 0.15) is 11.2 Å². The molecule has 8 aromatic carbocycles. The quantitative estimate of drug-likeness (QED) is 0.185. The summed E-state index contributed by atoms with van der Waals surface area (Å²) in [6, 6.07) is 53.4. The minimum absolute atomic E-state index is 0.0950. The third kappa shape index (κ3) is 4.92. The summed E-state index contributed by atoms with van der Waals surface area (Å²) in [6.45, 7) is 0. The van der Waals surface area contributed by atoms with E-state index >= 15 is 0 Å². The van der Waals surface area contributed by atoms with Gasteiger partial charge in [0, 0.05) is 33.2 Å². The molecule has 0 radical (unpaired) electrons. The molecular weight excluding hydrogens is 583 g/mol. The van der Waals surface area contributed by atoms with Crippen LogP contribution in [0.15, 0.2) is 192 Å². The number of rotatable bonds is 6. The Labute approximate surface area is 285 Å². The molecule has 9 aromatic rings. The van der Waals surface area contributed by atoms with Crippen molar-refractivity contribution in [3.63, 3.8) is 0 Å². The molecule has 1 heterocycles. The highest BCUT2D eigenvalue weighted by atomic mass is 16.3. The molecule has 0 unspecified atom stereocenters. The lowest BCUT2D eigenvalue weighted by Crippen LogP contribution is -2.09. The Kier molecular flexibility index (Phi) is 5.85. The Morgan fingerprint density at radius 3 is 1.83 bits per heavy atom. The van der Waals surface area contributed by atoms with Crippen LogP contribution in [0.25, 0.3) is 66.1 Å². The van der Waals surface area contributed by atoms with Crippen LogP contribution in [0.5, 0.6) is 0 Å². The largest absolute Gasteiger partial charge is 0.455 e. The molecule has 2 heteroatoms. The van der Waals surface area contributed by atoms with Crippen molar-refractivity contribution >= 4 is 49.8 Å². The van der Waals surface area contributed by atoms with E-state index in [1.165, 1.54) is 0 Å². The molecule has 1 aromatic heterocycles. The molecule has 2 nitrogen and oxygen atoms in total. The number of fused-ring (bicyclic) bond motifs is 5. The topological polar surface area (TPSA) is 16.4 Å². The molecule has 0 aliphatic rings. The van der Waals surface area contributed by atoms with E-state index < -0.39 is 0 Å². The molecule has 0 aliphatic carbocycles. The molecular formula is C46H31NO. The van der Waals surface area contributed by atoms with Crippen LogP contribution in [0, 0.1) is 0 Å². The SMILES string of the molecule is [2H]c1c([2H])c(N(c2ccccc2)c2cccc(-c3cccc4oc5c6ccccc6ccc5c34)c2)c([2H])c([2H])c1-c1ccc(-c2ccccc2)cc1. The third-order valence-corrected chi connectivity index (χ3v) is 8.93. The summed E-state index contributed by atoms with van der Waals surface area (Å²) >= 11 is 0. The molecule has 0 saturated carbocycles. The molecule has 48 heavy (non-hydrogen) atoms. The Hall–Kier alpha value is -6.38. The predicted octanol–water partition coefficient (Wildman–Crippen LogP) is 13.2. The molecule has 0 N–H and O–H groups in total. The summed E-state index contributed by atoms with van der Waals surface area (Å²) in [5.41, 5.74) is 8.16. The fourth-order valence-corrected chi connectivity index (χ4v) is 6.61. The fraction of sp³-hybridized carbons (Fsp3) is 0. The van der Waals surface area contributed by atoms with Crippen LogP contribution in [-0.4, -0.2) is 0 Å². The monoisotopic (exact) mass is 617 g/mol. The number of para-hydroxylation sites is 1. The molecule has 0 atom stereocenters. The number of hydrogen-bond donors (Lipinski definition) is 0. The van der Waals surface area contributed by atoms with E-state index in [0.717, 1.165) is 60.7 Å². The van der Waals surface area contributed by atoms with E-state index in [0.29, 0.717) is 11.3 Å². The second-order valence-electron chi connectivity index (χ2n) is 11.8. The first-order valence-corrected chi connectivity index (χ1v) is 16.0. The third-order valence-electron chi connectivity index (χ3n) is 8.93. The molecule has 0 spiro atoms. The van der Waals surface area contributed by atoms with Crippen molar-refractivity contribution in [2.75, 3.05) is 4.90 Å². The molecule has 226 valence electrons. The van der Waals surface area contributed by atoms with Gasteiger partial charge in [-0.15, -0.1) is 0 Å². The summed E-state index contributed by atoms with van der Waals surface area (Å²) in [6.07, 6.45) is 0. The average Bonchev–Trinajstić information content (AvgIpc) is 3.59. The molecule has 0 bridgehead atoms. The maximum atomic E-state index is 9.35. The normalized spacial score (nSPS) is 12.5. The zero-order valence-electron chi connectivity index (χ0n) is 29.9. The van der Waals surface area contributed by atoms with Gasteiger partial charge >= 0.3 is 0 Å². The van der Waals surface area contributed by atoms with E-state index in [1.54, 1.807) is 0 Å². The minimum Gasteiger partial charge on any atom is -0.455 e. The van der Waals surface area contributed by atoms with Gasteiger partial charge < -0.3 is 9.32 Å². The second-order valence-corrected chi connectivity index (χ2v) is 11.8. The smallest absolute Gasteiger partial charge is 0.143 e. The van der Waals surface area contributed by atoms with Crippen molar-refractivity contribution in [1.29, 1.82) is 0 Å². The first-order valence-electron chi connectivity index (χ1n) is 18.0. The van der Waals surface area contributed by atoms with Crippen molar-refractivity contribution < 1.29 is 9.90 Å². The van der Waals surface area contributed by atoms with Crippen LogP contribution in [0.4, 0.5) is 17.1 Å². The molecule has 9 rings (SSSR count). The Morgan fingerprint density at radius 1 is 0.417 bits per heavy atom. The number of benzene rings is 8. The lowest BCUT2D eigenvalue weighted by molar-refractivity contribution is 0.673. The highest BCUT2D eigenvalue weighted by Gasteiger charge is 2.17. The van der Waals surface area contributed by atoms with Crippen LogP contribution in [0.1, 0.15) is 5.48 Å². The maximum absolute atomic E-state index is 9.35. The number of anilines is 3. The van der Waals surface area contributed by atoms with Gasteiger partial charge in [0.15, 0.2) is 0 Å². The zero-order valence-corrected chi connectivity index (χ0v) is 25.9. The van der Waals surface area contributed by atoms with Crippen molar-refractivity contribution in [2.45, 2.75) is 0 Å². The van der Waals surface area contributed by atoms with Gasteiger partial charge in [-0.3, -0.25) is 0 Å². The van der Waals surface area contributed by atoms with Crippen LogP contribution in [0.2, 0.25) is 0 Å². The van der Waals surface area contributed by atoms with Gasteiger partial charge in [0.25, 0.3) is 0 Å². The Balaban J connectivity index is 1.19. The number of hydrogen-bond acceptors (Lipinski definition) is 2. The average molecular weight is 618 g/mol. The van der Waals surface area contributed by atoms with E-state index in [2.05, 4.69) is 36.4 Å². The lowest BCUT2D eigenvalue weighted by atomic mass is 9.97. The van der Waals surface area contributed by atoms with Crippen molar-refractivity contribution in [2.24, 2.45) is 0 Å². The Bertz CT molecular complexity index is 2750. The second kappa shape index (κ2) is 11.8. The lowest BCUT2D eigenvalue weighted by Gasteiger charge is -2.26. The van der Waals surface area contributed by atoms with Gasteiger partial charge in [-0.1, -0.05) is 139 Å². The highest BCUT2D eigenvalue weighted by molar-refractivity contribution is 6.19. The summed E-state index contributed by atoms with van der Waals surface area (Å²) in [4.78, 5) is 1.83. The first kappa shape index (κ1) is 23.9. The van der Waals surface area contributed by atoms with Gasteiger partial charge in [0.05, 0.1) is 5.48 Å². The molecule has 0 amide bonds. The minimum atomic E-state index is -0.118. The molecule has 0 aliphatic heterocycles.